The number of benzene rings is 2. The molecule has 0 bridgehead atoms. The van der Waals surface area contributed by atoms with Crippen LogP contribution in [0.4, 0.5) is 4.39 Å². The van der Waals surface area contributed by atoms with Gasteiger partial charge >= 0.3 is 0 Å². The van der Waals surface area contributed by atoms with E-state index < -0.39 is 0 Å². The number of halogens is 2. The summed E-state index contributed by atoms with van der Waals surface area (Å²) in [4.78, 5) is 0. The first-order valence-electron chi connectivity index (χ1n) is 6.27. The van der Waals surface area contributed by atoms with E-state index in [9.17, 15) is 4.39 Å². The lowest BCUT2D eigenvalue weighted by atomic mass is 10.2. The number of fused-ring (bicyclic) bond motifs is 1. The number of hydrogen-bond acceptors (Lipinski definition) is 2. The highest BCUT2D eigenvalue weighted by molar-refractivity contribution is 9.10. The largest absolute Gasteiger partial charge is 0.325 e. The zero-order valence-electron chi connectivity index (χ0n) is 10.7. The molecule has 0 aliphatic carbocycles. The summed E-state index contributed by atoms with van der Waals surface area (Å²) in [6, 6.07) is 12.8. The Kier molecular flexibility index (Phi) is 3.54. The molecule has 0 saturated carbocycles. The summed E-state index contributed by atoms with van der Waals surface area (Å²) in [6.07, 6.45) is 0. The third-order valence-electron chi connectivity index (χ3n) is 3.18. The maximum atomic E-state index is 13.4. The van der Waals surface area contributed by atoms with Crippen molar-refractivity contribution in [1.82, 2.24) is 9.78 Å². The Morgan fingerprint density at radius 2 is 2.00 bits per heavy atom. The van der Waals surface area contributed by atoms with Gasteiger partial charge in [0.25, 0.3) is 0 Å². The summed E-state index contributed by atoms with van der Waals surface area (Å²) in [6.45, 7) is 0.900. The first kappa shape index (κ1) is 13.3. The SMILES string of the molecule is NCc1nn(Cc2cc(F)cc(Br)c2)c2ccccc12. The molecule has 5 heteroatoms. The van der Waals surface area contributed by atoms with Gasteiger partial charge in [-0.25, -0.2) is 4.39 Å². The number of nitrogens with zero attached hydrogens (tertiary/aromatic N) is 2. The van der Waals surface area contributed by atoms with Crippen LogP contribution in [0.2, 0.25) is 0 Å². The minimum absolute atomic E-state index is 0.259. The molecule has 3 aromatic rings. The number of nitrogens with two attached hydrogens (primary N) is 1. The van der Waals surface area contributed by atoms with E-state index in [4.69, 9.17) is 5.73 Å². The van der Waals surface area contributed by atoms with Crippen molar-refractivity contribution < 1.29 is 4.39 Å². The molecule has 1 aromatic heterocycles. The van der Waals surface area contributed by atoms with E-state index in [1.807, 2.05) is 35.0 Å². The lowest BCUT2D eigenvalue weighted by molar-refractivity contribution is 0.619. The first-order chi connectivity index (χ1) is 9.67. The lowest BCUT2D eigenvalue weighted by Crippen LogP contribution is -2.04. The summed E-state index contributed by atoms with van der Waals surface area (Å²) in [5.74, 6) is -0.259. The van der Waals surface area contributed by atoms with Gasteiger partial charge in [0.2, 0.25) is 0 Å². The Bertz CT molecular complexity index is 747. The maximum absolute atomic E-state index is 13.4. The Hall–Kier alpha value is -1.72. The normalized spacial score (nSPS) is 11.2. The van der Waals surface area contributed by atoms with E-state index in [2.05, 4.69) is 21.0 Å². The third-order valence-corrected chi connectivity index (χ3v) is 3.64. The minimum atomic E-state index is -0.259. The van der Waals surface area contributed by atoms with Crippen LogP contribution in [-0.2, 0) is 13.1 Å². The Labute approximate surface area is 124 Å². The van der Waals surface area contributed by atoms with Crippen molar-refractivity contribution in [2.45, 2.75) is 13.1 Å². The fourth-order valence-corrected chi connectivity index (χ4v) is 2.86. The highest BCUT2D eigenvalue weighted by Gasteiger charge is 2.09. The van der Waals surface area contributed by atoms with E-state index in [-0.39, 0.29) is 5.82 Å². The molecule has 2 aromatic carbocycles. The molecule has 102 valence electrons. The van der Waals surface area contributed by atoms with E-state index >= 15 is 0 Å². The van der Waals surface area contributed by atoms with Crippen LogP contribution >= 0.6 is 15.9 Å². The molecule has 0 radical (unpaired) electrons. The minimum Gasteiger partial charge on any atom is -0.325 e. The molecule has 0 atom stereocenters. The van der Waals surface area contributed by atoms with Gasteiger partial charge < -0.3 is 5.73 Å². The van der Waals surface area contributed by atoms with Crippen molar-refractivity contribution in [2.24, 2.45) is 5.73 Å². The average Bonchev–Trinajstić information content (AvgIpc) is 2.76. The molecule has 0 aliphatic heterocycles. The Morgan fingerprint density at radius 3 is 2.75 bits per heavy atom. The van der Waals surface area contributed by atoms with Crippen LogP contribution in [0.25, 0.3) is 10.9 Å². The maximum Gasteiger partial charge on any atom is 0.124 e. The zero-order valence-corrected chi connectivity index (χ0v) is 12.3. The molecule has 3 rings (SSSR count). The van der Waals surface area contributed by atoms with Crippen molar-refractivity contribution in [2.75, 3.05) is 0 Å². The molecular formula is C15H13BrFN3. The van der Waals surface area contributed by atoms with Crippen LogP contribution in [0.3, 0.4) is 0 Å². The van der Waals surface area contributed by atoms with Crippen LogP contribution in [0.1, 0.15) is 11.3 Å². The fraction of sp³-hybridized carbons (Fsp3) is 0.133. The van der Waals surface area contributed by atoms with Crippen molar-refractivity contribution >= 4 is 26.8 Å². The van der Waals surface area contributed by atoms with Crippen LogP contribution in [0.15, 0.2) is 46.9 Å². The average molecular weight is 334 g/mol. The van der Waals surface area contributed by atoms with Gasteiger partial charge in [0.15, 0.2) is 0 Å². The van der Waals surface area contributed by atoms with E-state index in [0.717, 1.165) is 26.6 Å². The summed E-state index contributed by atoms with van der Waals surface area (Å²) < 4.78 is 16.0. The van der Waals surface area contributed by atoms with Gasteiger partial charge in [0.1, 0.15) is 5.82 Å². The molecule has 0 unspecified atom stereocenters. The van der Waals surface area contributed by atoms with Crippen LogP contribution in [0, 0.1) is 5.82 Å². The lowest BCUT2D eigenvalue weighted by Gasteiger charge is -2.05. The zero-order chi connectivity index (χ0) is 14.1. The fourth-order valence-electron chi connectivity index (χ4n) is 2.34. The molecule has 0 spiro atoms. The van der Waals surface area contributed by atoms with Gasteiger partial charge in [-0.3, -0.25) is 4.68 Å². The second-order valence-corrected chi connectivity index (χ2v) is 5.52. The van der Waals surface area contributed by atoms with Gasteiger partial charge in [-0.05, 0) is 29.8 Å². The summed E-state index contributed by atoms with van der Waals surface area (Å²) in [5, 5.41) is 5.56. The van der Waals surface area contributed by atoms with Crippen molar-refractivity contribution in [3.05, 3.63) is 64.0 Å². The molecule has 0 saturated heterocycles. The molecule has 3 nitrogen and oxygen atoms in total. The Morgan fingerprint density at radius 1 is 1.20 bits per heavy atom. The van der Waals surface area contributed by atoms with Gasteiger partial charge in [0.05, 0.1) is 17.8 Å². The van der Waals surface area contributed by atoms with Gasteiger partial charge in [-0.2, -0.15) is 5.10 Å². The molecule has 20 heavy (non-hydrogen) atoms. The molecular weight excluding hydrogens is 321 g/mol. The molecule has 0 aliphatic rings. The van der Waals surface area contributed by atoms with Crippen molar-refractivity contribution in [3.63, 3.8) is 0 Å². The first-order valence-corrected chi connectivity index (χ1v) is 7.06. The van der Waals surface area contributed by atoms with Gasteiger partial charge in [-0.1, -0.05) is 34.1 Å². The van der Waals surface area contributed by atoms with Gasteiger partial charge in [0, 0.05) is 16.4 Å². The highest BCUT2D eigenvalue weighted by atomic mass is 79.9. The summed E-state index contributed by atoms with van der Waals surface area (Å²) >= 11 is 3.31. The quantitative estimate of drug-likeness (QED) is 0.797. The smallest absolute Gasteiger partial charge is 0.124 e. The van der Waals surface area contributed by atoms with E-state index in [1.54, 1.807) is 0 Å². The molecule has 0 amide bonds. The van der Waals surface area contributed by atoms with E-state index in [1.165, 1.54) is 12.1 Å². The van der Waals surface area contributed by atoms with Crippen LogP contribution in [-0.4, -0.2) is 9.78 Å². The summed E-state index contributed by atoms with van der Waals surface area (Å²) in [5.41, 5.74) is 8.45. The third kappa shape index (κ3) is 2.46. The van der Waals surface area contributed by atoms with Crippen molar-refractivity contribution in [1.29, 1.82) is 0 Å². The summed E-state index contributed by atoms with van der Waals surface area (Å²) in [7, 11) is 0. The molecule has 2 N–H and O–H groups in total. The standard InChI is InChI=1S/C15H13BrFN3/c16-11-5-10(6-12(17)7-11)9-20-15-4-2-1-3-13(15)14(8-18)19-20/h1-7H,8-9,18H2. The predicted molar refractivity (Wildman–Crippen MR) is 80.8 cm³/mol. The second kappa shape index (κ2) is 5.34. The number of hydrogen-bond donors (Lipinski definition) is 1. The number of para-hydroxylation sites is 1. The topological polar surface area (TPSA) is 43.8 Å². The second-order valence-electron chi connectivity index (χ2n) is 4.60. The van der Waals surface area contributed by atoms with Crippen molar-refractivity contribution in [3.8, 4) is 0 Å². The number of rotatable bonds is 3. The van der Waals surface area contributed by atoms with Crippen LogP contribution < -0.4 is 5.73 Å². The monoisotopic (exact) mass is 333 g/mol. The Balaban J connectivity index is 2.06. The predicted octanol–water partition coefficient (Wildman–Crippen LogP) is 3.44. The van der Waals surface area contributed by atoms with Crippen LogP contribution in [0.5, 0.6) is 0 Å². The van der Waals surface area contributed by atoms with Gasteiger partial charge in [-0.15, -0.1) is 0 Å². The molecule has 1 heterocycles. The highest BCUT2D eigenvalue weighted by Crippen LogP contribution is 2.21. The van der Waals surface area contributed by atoms with E-state index in [0.29, 0.717) is 13.1 Å². The molecule has 0 fully saturated rings. The number of aromatic nitrogens is 2.